The van der Waals surface area contributed by atoms with Crippen molar-refractivity contribution in [3.8, 4) is 0 Å². The molecule has 0 amide bonds. The van der Waals surface area contributed by atoms with Crippen LogP contribution in [0.25, 0.3) is 0 Å². The first-order valence-corrected chi connectivity index (χ1v) is 6.58. The van der Waals surface area contributed by atoms with Crippen LogP contribution >= 0.6 is 24.0 Å². The smallest absolute Gasteiger partial charge is 0.307 e. The fraction of sp³-hybridized carbons (Fsp3) is 0.615. The Kier molecular flexibility index (Phi) is 9.76. The molecule has 0 fully saturated rings. The number of nitrogens with zero attached hydrogens (tertiary/aromatic N) is 2. The Morgan fingerprint density at radius 2 is 2.10 bits per heavy atom. The van der Waals surface area contributed by atoms with Crippen LogP contribution in [-0.4, -0.2) is 37.1 Å². The van der Waals surface area contributed by atoms with Gasteiger partial charge in [0.1, 0.15) is 12.3 Å². The van der Waals surface area contributed by atoms with E-state index in [0.717, 1.165) is 18.0 Å². The topological polar surface area (TPSA) is 88.8 Å². The Hall–Kier alpha value is -1.32. The predicted octanol–water partition coefficient (Wildman–Crippen LogP) is 1.53. The average molecular weight is 410 g/mol. The molecular weight excluding hydrogens is 387 g/mol. The van der Waals surface area contributed by atoms with Gasteiger partial charge < -0.3 is 19.8 Å². The number of halogens is 1. The molecule has 21 heavy (non-hydrogen) atoms. The number of aliphatic imine (C=N–C) groups is 1. The van der Waals surface area contributed by atoms with Crippen LogP contribution in [-0.2, 0) is 16.1 Å². The maximum absolute atomic E-state index is 11.0. The van der Waals surface area contributed by atoms with Crippen molar-refractivity contribution in [1.29, 1.82) is 0 Å². The van der Waals surface area contributed by atoms with Gasteiger partial charge in [-0.3, -0.25) is 4.79 Å². The van der Waals surface area contributed by atoms with Gasteiger partial charge in [-0.2, -0.15) is 0 Å². The van der Waals surface area contributed by atoms with Crippen molar-refractivity contribution in [1.82, 2.24) is 15.6 Å². The van der Waals surface area contributed by atoms with Crippen molar-refractivity contribution < 1.29 is 13.9 Å². The molecule has 1 aromatic rings. The van der Waals surface area contributed by atoms with E-state index in [2.05, 4.69) is 25.3 Å². The number of hydrogen-bond acceptors (Lipinski definition) is 5. The summed E-state index contributed by atoms with van der Waals surface area (Å²) >= 11 is 0. The van der Waals surface area contributed by atoms with Gasteiger partial charge in [-0.1, -0.05) is 0 Å². The number of hydrogen-bond donors (Lipinski definition) is 2. The van der Waals surface area contributed by atoms with Gasteiger partial charge in [0.05, 0.1) is 19.2 Å². The van der Waals surface area contributed by atoms with Crippen LogP contribution in [0.4, 0.5) is 0 Å². The van der Waals surface area contributed by atoms with Crippen LogP contribution in [0.1, 0.15) is 30.7 Å². The lowest BCUT2D eigenvalue weighted by Gasteiger charge is -2.09. The molecule has 1 heterocycles. The number of ether oxygens (including phenoxy) is 1. The molecule has 0 atom stereocenters. The van der Waals surface area contributed by atoms with E-state index in [0.29, 0.717) is 24.9 Å². The molecule has 2 N–H and O–H groups in total. The Balaban J connectivity index is 0.00000400. The molecule has 8 heteroatoms. The van der Waals surface area contributed by atoms with Gasteiger partial charge in [0.2, 0.25) is 5.89 Å². The molecular formula is C13H23IN4O3. The van der Waals surface area contributed by atoms with E-state index in [9.17, 15) is 4.79 Å². The first kappa shape index (κ1) is 19.7. The largest absolute Gasteiger partial charge is 0.469 e. The van der Waals surface area contributed by atoms with Crippen molar-refractivity contribution >= 4 is 35.9 Å². The second-order valence-corrected chi connectivity index (χ2v) is 4.20. The summed E-state index contributed by atoms with van der Waals surface area (Å²) in [6.45, 7) is 7.27. The maximum Gasteiger partial charge on any atom is 0.307 e. The summed E-state index contributed by atoms with van der Waals surface area (Å²) in [6, 6.07) is 0. The van der Waals surface area contributed by atoms with Crippen LogP contribution in [0.5, 0.6) is 0 Å². The standard InChI is InChI=1S/C13H22N4O3.HI/c1-5-14-13(15-7-6-12(18)19-4)16-8-11-17-9(2)10(3)20-11;/h5-8H2,1-4H3,(H2,14,15,16);1H. The number of nitrogens with one attached hydrogen (secondary N) is 2. The molecule has 0 spiro atoms. The molecule has 0 radical (unpaired) electrons. The third-order valence-corrected chi connectivity index (χ3v) is 2.64. The molecule has 0 bridgehead atoms. The zero-order chi connectivity index (χ0) is 15.0. The first-order chi connectivity index (χ1) is 9.56. The van der Waals surface area contributed by atoms with Gasteiger partial charge >= 0.3 is 5.97 Å². The molecule has 0 saturated carbocycles. The number of aromatic nitrogens is 1. The summed E-state index contributed by atoms with van der Waals surface area (Å²) in [5.41, 5.74) is 0.874. The molecule has 120 valence electrons. The summed E-state index contributed by atoms with van der Waals surface area (Å²) in [5.74, 6) is 1.74. The van der Waals surface area contributed by atoms with Crippen molar-refractivity contribution in [2.75, 3.05) is 20.2 Å². The molecule has 0 aliphatic rings. The Morgan fingerprint density at radius 3 is 2.62 bits per heavy atom. The number of methoxy groups -OCH3 is 1. The molecule has 0 aromatic carbocycles. The Bertz CT molecular complexity index is 454. The SMILES string of the molecule is CCNC(=NCc1nc(C)c(C)o1)NCCC(=O)OC.I. The highest BCUT2D eigenvalue weighted by Crippen LogP contribution is 2.08. The number of carbonyl (C=O) groups excluding carboxylic acids is 1. The summed E-state index contributed by atoms with van der Waals surface area (Å²) in [7, 11) is 1.37. The van der Waals surface area contributed by atoms with Crippen molar-refractivity contribution in [3.63, 3.8) is 0 Å². The van der Waals surface area contributed by atoms with Gasteiger partial charge in [0.25, 0.3) is 0 Å². The monoisotopic (exact) mass is 410 g/mol. The van der Waals surface area contributed by atoms with Gasteiger partial charge in [-0.05, 0) is 20.8 Å². The zero-order valence-electron chi connectivity index (χ0n) is 12.9. The molecule has 0 aliphatic carbocycles. The van der Waals surface area contributed by atoms with Gasteiger partial charge in [-0.15, -0.1) is 24.0 Å². The van der Waals surface area contributed by atoms with Gasteiger partial charge in [0.15, 0.2) is 5.96 Å². The van der Waals surface area contributed by atoms with Crippen LogP contribution in [0.15, 0.2) is 9.41 Å². The van der Waals surface area contributed by atoms with E-state index in [-0.39, 0.29) is 36.4 Å². The quantitative estimate of drug-likeness (QED) is 0.320. The van der Waals surface area contributed by atoms with E-state index < -0.39 is 0 Å². The van der Waals surface area contributed by atoms with Gasteiger partial charge in [0, 0.05) is 13.1 Å². The minimum Gasteiger partial charge on any atom is -0.469 e. The molecule has 1 rings (SSSR count). The lowest BCUT2D eigenvalue weighted by molar-refractivity contribution is -0.140. The number of oxazole rings is 1. The highest BCUT2D eigenvalue weighted by molar-refractivity contribution is 14.0. The fourth-order valence-electron chi connectivity index (χ4n) is 1.48. The van der Waals surface area contributed by atoms with Gasteiger partial charge in [-0.25, -0.2) is 9.98 Å². The average Bonchev–Trinajstić information content (AvgIpc) is 2.75. The lowest BCUT2D eigenvalue weighted by Crippen LogP contribution is -2.38. The molecule has 0 unspecified atom stereocenters. The normalized spacial score (nSPS) is 10.8. The second-order valence-electron chi connectivity index (χ2n) is 4.20. The van der Waals surface area contributed by atoms with Crippen molar-refractivity contribution in [3.05, 3.63) is 17.3 Å². The summed E-state index contributed by atoms with van der Waals surface area (Å²) in [5, 5.41) is 6.13. The number of rotatable bonds is 6. The third-order valence-electron chi connectivity index (χ3n) is 2.64. The Labute approximate surface area is 142 Å². The Morgan fingerprint density at radius 1 is 1.38 bits per heavy atom. The summed E-state index contributed by atoms with van der Waals surface area (Å²) in [4.78, 5) is 19.6. The van der Waals surface area contributed by atoms with E-state index in [1.165, 1.54) is 7.11 Å². The molecule has 7 nitrogen and oxygen atoms in total. The van der Waals surface area contributed by atoms with Crippen LogP contribution in [0, 0.1) is 13.8 Å². The number of guanidine groups is 1. The summed E-state index contributed by atoms with van der Waals surface area (Å²) in [6.07, 6.45) is 0.290. The highest BCUT2D eigenvalue weighted by atomic mass is 127. The molecule has 0 saturated heterocycles. The number of aryl methyl sites for hydroxylation is 2. The fourth-order valence-corrected chi connectivity index (χ4v) is 1.48. The maximum atomic E-state index is 11.0. The summed E-state index contributed by atoms with van der Waals surface area (Å²) < 4.78 is 10.0. The van der Waals surface area contributed by atoms with E-state index >= 15 is 0 Å². The van der Waals surface area contributed by atoms with E-state index in [4.69, 9.17) is 4.42 Å². The van der Waals surface area contributed by atoms with Crippen LogP contribution in [0.3, 0.4) is 0 Å². The number of esters is 1. The zero-order valence-corrected chi connectivity index (χ0v) is 15.2. The highest BCUT2D eigenvalue weighted by Gasteiger charge is 2.06. The van der Waals surface area contributed by atoms with E-state index in [1.807, 2.05) is 20.8 Å². The minimum absolute atomic E-state index is 0. The first-order valence-electron chi connectivity index (χ1n) is 6.58. The van der Waals surface area contributed by atoms with Crippen LogP contribution < -0.4 is 10.6 Å². The predicted molar refractivity (Wildman–Crippen MR) is 90.8 cm³/mol. The third kappa shape index (κ3) is 7.30. The van der Waals surface area contributed by atoms with Crippen molar-refractivity contribution in [2.45, 2.75) is 33.7 Å². The molecule has 0 aliphatic heterocycles. The molecule has 1 aromatic heterocycles. The minimum atomic E-state index is -0.257. The number of carbonyl (C=O) groups is 1. The van der Waals surface area contributed by atoms with Crippen molar-refractivity contribution in [2.24, 2.45) is 4.99 Å². The van der Waals surface area contributed by atoms with Crippen LogP contribution in [0.2, 0.25) is 0 Å². The second kappa shape index (κ2) is 10.4. The lowest BCUT2D eigenvalue weighted by atomic mass is 10.4. The van der Waals surface area contributed by atoms with E-state index in [1.54, 1.807) is 0 Å².